The molecule has 2 atom stereocenters. The van der Waals surface area contributed by atoms with Crippen LogP contribution < -0.4 is 5.32 Å². The van der Waals surface area contributed by atoms with E-state index in [1.807, 2.05) is 11.3 Å². The van der Waals surface area contributed by atoms with E-state index in [0.29, 0.717) is 12.0 Å². The molecular weight excluding hydrogens is 262 g/mol. The molecule has 2 heteroatoms. The Hall–Kier alpha value is -1.12. The van der Waals surface area contributed by atoms with Crippen molar-refractivity contribution in [2.45, 2.75) is 44.6 Å². The van der Waals surface area contributed by atoms with Gasteiger partial charge in [0.25, 0.3) is 0 Å². The Kier molecular flexibility index (Phi) is 4.54. The van der Waals surface area contributed by atoms with Crippen LogP contribution in [0.4, 0.5) is 0 Å². The van der Waals surface area contributed by atoms with Crippen LogP contribution in [0.15, 0.2) is 41.8 Å². The Morgan fingerprint density at radius 1 is 1.25 bits per heavy atom. The summed E-state index contributed by atoms with van der Waals surface area (Å²) in [5.74, 6) is 0.630. The molecule has 106 valence electrons. The van der Waals surface area contributed by atoms with Crippen molar-refractivity contribution >= 4 is 11.3 Å². The molecule has 1 aliphatic carbocycles. The van der Waals surface area contributed by atoms with Gasteiger partial charge in [0, 0.05) is 16.8 Å². The summed E-state index contributed by atoms with van der Waals surface area (Å²) < 4.78 is 0. The summed E-state index contributed by atoms with van der Waals surface area (Å²) in [4.78, 5) is 1.49. The third kappa shape index (κ3) is 2.82. The highest BCUT2D eigenvalue weighted by Gasteiger charge is 2.28. The van der Waals surface area contributed by atoms with Crippen LogP contribution in [0.2, 0.25) is 0 Å². The summed E-state index contributed by atoms with van der Waals surface area (Å²) >= 11 is 1.89. The normalized spacial score (nSPS) is 19.6. The average molecular weight is 285 g/mol. The zero-order chi connectivity index (χ0) is 13.8. The Morgan fingerprint density at radius 2 is 2.15 bits per heavy atom. The van der Waals surface area contributed by atoms with E-state index >= 15 is 0 Å². The van der Waals surface area contributed by atoms with Gasteiger partial charge in [-0.25, -0.2) is 0 Å². The molecule has 1 aromatic heterocycles. The third-order valence-corrected chi connectivity index (χ3v) is 5.24. The third-order valence-electron chi connectivity index (χ3n) is 4.28. The lowest BCUT2D eigenvalue weighted by molar-refractivity contribution is 0.406. The second-order valence-corrected chi connectivity index (χ2v) is 6.62. The molecule has 0 radical (unpaired) electrons. The van der Waals surface area contributed by atoms with Crippen molar-refractivity contribution in [3.8, 4) is 0 Å². The molecule has 0 amide bonds. The summed E-state index contributed by atoms with van der Waals surface area (Å²) in [5.41, 5.74) is 3.13. The molecule has 20 heavy (non-hydrogen) atoms. The number of fused-ring (bicyclic) bond motifs is 1. The molecule has 0 aliphatic heterocycles. The number of hydrogen-bond acceptors (Lipinski definition) is 2. The molecule has 1 aliphatic rings. The molecule has 0 fully saturated rings. The fraction of sp³-hybridized carbons (Fsp3) is 0.444. The minimum atomic E-state index is 0.483. The van der Waals surface area contributed by atoms with Crippen molar-refractivity contribution in [2.75, 3.05) is 6.54 Å². The fourth-order valence-corrected chi connectivity index (χ4v) is 4.21. The predicted octanol–water partition coefficient (Wildman–Crippen LogP) is 4.91. The van der Waals surface area contributed by atoms with Crippen LogP contribution >= 0.6 is 11.3 Å². The first-order chi connectivity index (χ1) is 9.90. The fourth-order valence-electron chi connectivity index (χ4n) is 3.35. The van der Waals surface area contributed by atoms with Crippen LogP contribution in [0.1, 0.15) is 54.1 Å². The molecule has 1 nitrogen and oxygen atoms in total. The van der Waals surface area contributed by atoms with E-state index in [1.54, 1.807) is 11.1 Å². The van der Waals surface area contributed by atoms with Crippen molar-refractivity contribution in [3.63, 3.8) is 0 Å². The molecule has 1 N–H and O–H groups in total. The van der Waals surface area contributed by atoms with Gasteiger partial charge in [0.05, 0.1) is 0 Å². The van der Waals surface area contributed by atoms with Crippen molar-refractivity contribution in [2.24, 2.45) is 0 Å². The van der Waals surface area contributed by atoms with Gasteiger partial charge >= 0.3 is 0 Å². The van der Waals surface area contributed by atoms with Crippen LogP contribution in [0.3, 0.4) is 0 Å². The minimum Gasteiger partial charge on any atom is -0.309 e. The van der Waals surface area contributed by atoms with Crippen molar-refractivity contribution in [1.29, 1.82) is 0 Å². The maximum Gasteiger partial charge on any atom is 0.0484 e. The smallest absolute Gasteiger partial charge is 0.0484 e. The van der Waals surface area contributed by atoms with Crippen molar-refractivity contribution < 1.29 is 0 Å². The number of hydrogen-bond donors (Lipinski definition) is 1. The average Bonchev–Trinajstić information content (AvgIpc) is 3.02. The topological polar surface area (TPSA) is 12.0 Å². The number of nitrogens with one attached hydrogen (secondary N) is 1. The number of thiophene rings is 1. The second kappa shape index (κ2) is 6.55. The van der Waals surface area contributed by atoms with Gasteiger partial charge in [0.2, 0.25) is 0 Å². The van der Waals surface area contributed by atoms with E-state index in [-0.39, 0.29) is 0 Å². The number of aryl methyl sites for hydroxylation is 1. The largest absolute Gasteiger partial charge is 0.309 e. The monoisotopic (exact) mass is 285 g/mol. The molecule has 0 saturated carbocycles. The van der Waals surface area contributed by atoms with Crippen LogP contribution in [-0.2, 0) is 6.42 Å². The highest BCUT2D eigenvalue weighted by atomic mass is 32.1. The molecule has 0 bridgehead atoms. The summed E-state index contributed by atoms with van der Waals surface area (Å²) in [7, 11) is 0. The molecule has 0 spiro atoms. The quantitative estimate of drug-likeness (QED) is 0.823. The van der Waals surface area contributed by atoms with Crippen LogP contribution in [0, 0.1) is 0 Å². The Labute approximate surface area is 126 Å². The molecule has 2 unspecified atom stereocenters. The van der Waals surface area contributed by atoms with Gasteiger partial charge in [-0.05, 0) is 54.8 Å². The predicted molar refractivity (Wildman–Crippen MR) is 87.5 cm³/mol. The Balaban J connectivity index is 1.92. The van der Waals surface area contributed by atoms with Crippen molar-refractivity contribution in [3.05, 3.63) is 57.8 Å². The first-order valence-electron chi connectivity index (χ1n) is 7.74. The number of benzene rings is 1. The zero-order valence-corrected chi connectivity index (χ0v) is 13.0. The highest BCUT2D eigenvalue weighted by molar-refractivity contribution is 7.10. The molecule has 3 rings (SSSR count). The first-order valence-corrected chi connectivity index (χ1v) is 8.62. The lowest BCUT2D eigenvalue weighted by atomic mass is 9.78. The molecule has 0 saturated heterocycles. The summed E-state index contributed by atoms with van der Waals surface area (Å²) in [6.45, 7) is 3.34. The van der Waals surface area contributed by atoms with E-state index in [2.05, 4.69) is 54.0 Å². The Bertz CT molecular complexity index is 532. The second-order valence-electron chi connectivity index (χ2n) is 5.64. The highest BCUT2D eigenvalue weighted by Crippen LogP contribution is 2.41. The summed E-state index contributed by atoms with van der Waals surface area (Å²) in [5, 5.41) is 5.99. The number of rotatable bonds is 5. The molecule has 2 aromatic rings. The van der Waals surface area contributed by atoms with Crippen LogP contribution in [0.25, 0.3) is 0 Å². The van der Waals surface area contributed by atoms with E-state index in [1.165, 1.54) is 30.6 Å². The van der Waals surface area contributed by atoms with Gasteiger partial charge in [0.1, 0.15) is 0 Å². The maximum atomic E-state index is 3.79. The van der Waals surface area contributed by atoms with Gasteiger partial charge in [-0.2, -0.15) is 0 Å². The lowest BCUT2D eigenvalue weighted by Gasteiger charge is -2.32. The lowest BCUT2D eigenvalue weighted by Crippen LogP contribution is -2.29. The Morgan fingerprint density at radius 3 is 2.95 bits per heavy atom. The van der Waals surface area contributed by atoms with Gasteiger partial charge in [-0.1, -0.05) is 37.3 Å². The minimum absolute atomic E-state index is 0.483. The van der Waals surface area contributed by atoms with E-state index in [9.17, 15) is 0 Å². The van der Waals surface area contributed by atoms with E-state index in [4.69, 9.17) is 0 Å². The maximum absolute atomic E-state index is 3.79. The first kappa shape index (κ1) is 13.8. The van der Waals surface area contributed by atoms with Crippen LogP contribution in [0.5, 0.6) is 0 Å². The van der Waals surface area contributed by atoms with Crippen molar-refractivity contribution in [1.82, 2.24) is 5.32 Å². The molecule has 1 aromatic carbocycles. The zero-order valence-electron chi connectivity index (χ0n) is 12.1. The summed E-state index contributed by atoms with van der Waals surface area (Å²) in [6.07, 6.45) is 5.06. The standard InChI is InChI=1S/C18H23NS/c1-2-12-19-18(17-11-6-13-20-17)16-10-5-8-14-7-3-4-9-15(14)16/h3-4,6-7,9,11,13,16,18-19H,2,5,8,10,12H2,1H3. The van der Waals surface area contributed by atoms with Gasteiger partial charge in [-0.15, -0.1) is 11.3 Å². The SMILES string of the molecule is CCCNC(c1cccs1)C1CCCc2ccccc21. The van der Waals surface area contributed by atoms with E-state index in [0.717, 1.165) is 6.54 Å². The van der Waals surface area contributed by atoms with Crippen LogP contribution in [-0.4, -0.2) is 6.54 Å². The molecule has 1 heterocycles. The van der Waals surface area contributed by atoms with Gasteiger partial charge in [-0.3, -0.25) is 0 Å². The van der Waals surface area contributed by atoms with Gasteiger partial charge < -0.3 is 5.32 Å². The van der Waals surface area contributed by atoms with E-state index < -0.39 is 0 Å². The summed E-state index contributed by atoms with van der Waals surface area (Å²) in [6, 6.07) is 14.0. The molecular formula is C18H23NS. The van der Waals surface area contributed by atoms with Gasteiger partial charge in [0.15, 0.2) is 0 Å².